The maximum atomic E-state index is 11.8. The van der Waals surface area contributed by atoms with E-state index in [4.69, 9.17) is 11.4 Å². The summed E-state index contributed by atoms with van der Waals surface area (Å²) in [7, 11) is 0. The minimum Gasteiger partial charge on any atom is -0.444 e. The van der Waals surface area contributed by atoms with Gasteiger partial charge in [0.15, 0.2) is 12.3 Å². The van der Waals surface area contributed by atoms with Gasteiger partial charge in [0.1, 0.15) is 28.6 Å². The van der Waals surface area contributed by atoms with Gasteiger partial charge in [0.2, 0.25) is 0 Å². The van der Waals surface area contributed by atoms with Crippen molar-refractivity contribution in [2.24, 2.45) is 0 Å². The van der Waals surface area contributed by atoms with Gasteiger partial charge in [0.25, 0.3) is 0 Å². The number of hydrogen-bond donors (Lipinski definition) is 0. The molecule has 0 saturated carbocycles. The molecule has 0 spiro atoms. The fourth-order valence-corrected chi connectivity index (χ4v) is 2.12. The lowest BCUT2D eigenvalue weighted by Crippen LogP contribution is -2.43. The largest absolute Gasteiger partial charge is 0.444 e. The Morgan fingerprint density at radius 1 is 1.35 bits per heavy atom. The van der Waals surface area contributed by atoms with E-state index in [0.29, 0.717) is 13.1 Å². The van der Waals surface area contributed by atoms with Crippen LogP contribution in [0.1, 0.15) is 33.6 Å². The van der Waals surface area contributed by atoms with E-state index in [9.17, 15) is 4.79 Å². The topological polar surface area (TPSA) is 48.0 Å². The van der Waals surface area contributed by atoms with Crippen molar-refractivity contribution in [3.05, 3.63) is 0 Å². The van der Waals surface area contributed by atoms with E-state index in [1.54, 1.807) is 27.9 Å². The third kappa shape index (κ3) is 6.12. The van der Waals surface area contributed by atoms with Gasteiger partial charge >= 0.3 is 6.09 Å². The molecule has 17 heavy (non-hydrogen) atoms. The van der Waals surface area contributed by atoms with E-state index < -0.39 is 5.60 Å². The van der Waals surface area contributed by atoms with Crippen LogP contribution in [0.2, 0.25) is 0 Å². The van der Waals surface area contributed by atoms with Gasteiger partial charge in [0.05, 0.1) is 6.10 Å². The van der Waals surface area contributed by atoms with Gasteiger partial charge in [-0.15, -0.1) is 0 Å². The molecule has 1 heterocycles. The average molecular weight is 375 g/mol. The van der Waals surface area contributed by atoms with Crippen LogP contribution < -0.4 is 0 Å². The Hall–Kier alpha value is 0.270. The van der Waals surface area contributed by atoms with E-state index in [1.807, 2.05) is 20.8 Å². The number of carbonyl (C=O) groups excluding carboxylic acids is 1. The molecule has 1 amide bonds. The molecule has 7 heteroatoms. The summed E-state index contributed by atoms with van der Waals surface area (Å²) < 4.78 is 15.4. The Balaban J connectivity index is 2.29. The van der Waals surface area contributed by atoms with Gasteiger partial charge in [0, 0.05) is 13.1 Å². The summed E-state index contributed by atoms with van der Waals surface area (Å²) in [6, 6.07) is 0. The predicted molar refractivity (Wildman–Crippen MR) is 74.6 cm³/mol. The van der Waals surface area contributed by atoms with Crippen LogP contribution in [0.5, 0.6) is 0 Å². The van der Waals surface area contributed by atoms with Crippen LogP contribution in [0.25, 0.3) is 0 Å². The molecule has 1 aliphatic rings. The van der Waals surface area contributed by atoms with Crippen LogP contribution in [-0.2, 0) is 11.4 Å². The molecule has 1 aliphatic heterocycles. The molecule has 0 aromatic heterocycles. The van der Waals surface area contributed by atoms with Crippen LogP contribution in [0.3, 0.4) is 0 Å². The number of rotatable bonds is 3. The quantitative estimate of drug-likeness (QED) is 0.560. The van der Waals surface area contributed by atoms with Gasteiger partial charge in [-0.25, -0.2) is 7.31 Å². The van der Waals surface area contributed by atoms with Gasteiger partial charge in [-0.1, -0.05) is 0 Å². The highest BCUT2D eigenvalue weighted by atomic mass is 127. The summed E-state index contributed by atoms with van der Waals surface area (Å²) in [6.07, 6.45) is 1.53. The summed E-state index contributed by atoms with van der Waals surface area (Å²) in [5.74, 6) is 0. The number of halogens is 1. The first kappa shape index (κ1) is 15.3. The number of amides is 1. The van der Waals surface area contributed by atoms with Gasteiger partial charge < -0.3 is 9.64 Å². The second-order valence-electron chi connectivity index (χ2n) is 4.89. The van der Waals surface area contributed by atoms with Crippen LogP contribution in [0, 0.1) is 0 Å². The van der Waals surface area contributed by atoms with Crippen molar-refractivity contribution in [1.29, 1.82) is 0 Å². The molecule has 0 atom stereocenters. The Morgan fingerprint density at radius 2 is 1.94 bits per heavy atom. The van der Waals surface area contributed by atoms with E-state index >= 15 is 0 Å². The summed E-state index contributed by atoms with van der Waals surface area (Å²) in [4.78, 5) is 13.5. The standard InChI is InChI=1S/C10H18INO4S/c1-10(2,3)14-9(13)12-6-4-8(5-7-12)15-17-16-11/h8H,4-7H2,1-3H3. The number of carbonyl (C=O) groups is 1. The van der Waals surface area contributed by atoms with Crippen LogP contribution in [0.15, 0.2) is 0 Å². The van der Waals surface area contributed by atoms with E-state index in [2.05, 4.69) is 0 Å². The predicted octanol–water partition coefficient (Wildman–Crippen LogP) is 3.33. The third-order valence-corrected chi connectivity index (χ3v) is 3.14. The Bertz CT molecular complexity index is 251. The molecule has 100 valence electrons. The smallest absolute Gasteiger partial charge is 0.410 e. The first-order valence-corrected chi connectivity index (χ1v) is 7.06. The zero-order valence-electron chi connectivity index (χ0n) is 10.3. The fourth-order valence-electron chi connectivity index (χ4n) is 1.53. The van der Waals surface area contributed by atoms with Crippen molar-refractivity contribution in [1.82, 2.24) is 4.90 Å². The minimum atomic E-state index is -0.435. The Labute approximate surface area is 121 Å². The van der Waals surface area contributed by atoms with Crippen LogP contribution in [-0.4, -0.2) is 35.8 Å². The summed E-state index contributed by atoms with van der Waals surface area (Å²) in [6.45, 7) is 6.95. The number of hydrogen-bond acceptors (Lipinski definition) is 5. The lowest BCUT2D eigenvalue weighted by Gasteiger charge is -2.32. The van der Waals surface area contributed by atoms with Gasteiger partial charge in [-0.05, 0) is 33.6 Å². The lowest BCUT2D eigenvalue weighted by atomic mass is 10.1. The molecule has 0 bridgehead atoms. The summed E-state index contributed by atoms with van der Waals surface area (Å²) in [5.41, 5.74) is -0.435. The first-order valence-electron chi connectivity index (χ1n) is 5.51. The highest BCUT2D eigenvalue weighted by Crippen LogP contribution is 2.22. The van der Waals surface area contributed by atoms with Crippen molar-refractivity contribution in [3.63, 3.8) is 0 Å². The maximum Gasteiger partial charge on any atom is 0.410 e. The van der Waals surface area contributed by atoms with Crippen molar-refractivity contribution in [3.8, 4) is 0 Å². The number of ether oxygens (including phenoxy) is 1. The number of piperidine rings is 1. The van der Waals surface area contributed by atoms with Crippen LogP contribution in [0.4, 0.5) is 4.79 Å². The average Bonchev–Trinajstić information content (AvgIpc) is 2.24. The van der Waals surface area contributed by atoms with Crippen molar-refractivity contribution in [2.75, 3.05) is 13.1 Å². The second kappa shape index (κ2) is 7.01. The fraction of sp³-hybridized carbons (Fsp3) is 0.900. The molecule has 1 fully saturated rings. The molecule has 0 unspecified atom stereocenters. The Kier molecular flexibility index (Phi) is 6.32. The number of likely N-dealkylation sites (tertiary alicyclic amines) is 1. The highest BCUT2D eigenvalue weighted by molar-refractivity contribution is 14.1. The monoisotopic (exact) mass is 375 g/mol. The zero-order valence-corrected chi connectivity index (χ0v) is 13.2. The molecule has 0 N–H and O–H groups in total. The highest BCUT2D eigenvalue weighted by Gasteiger charge is 2.27. The van der Waals surface area contributed by atoms with Gasteiger partial charge in [-0.2, -0.15) is 0 Å². The van der Waals surface area contributed by atoms with Gasteiger partial charge in [-0.3, -0.25) is 4.18 Å². The van der Waals surface area contributed by atoms with Crippen molar-refractivity contribution in [2.45, 2.75) is 45.3 Å². The molecule has 0 aromatic rings. The SMILES string of the molecule is CC(C)(C)OC(=O)N1CCC(OSOI)CC1. The summed E-state index contributed by atoms with van der Waals surface area (Å²) in [5, 5.41) is 0. The maximum absolute atomic E-state index is 11.8. The van der Waals surface area contributed by atoms with E-state index in [0.717, 1.165) is 25.2 Å². The molecule has 1 saturated heterocycles. The third-order valence-electron chi connectivity index (χ3n) is 2.29. The van der Waals surface area contributed by atoms with Crippen LogP contribution >= 0.6 is 35.3 Å². The zero-order chi connectivity index (χ0) is 12.9. The van der Waals surface area contributed by atoms with E-state index in [1.165, 1.54) is 0 Å². The molecular formula is C10H18INO4S. The normalized spacial score (nSPS) is 18.2. The second-order valence-corrected chi connectivity index (χ2v) is 6.43. The summed E-state index contributed by atoms with van der Waals surface area (Å²) >= 11 is 2.75. The van der Waals surface area contributed by atoms with Crippen molar-refractivity contribution >= 4 is 41.4 Å². The molecule has 5 nitrogen and oxygen atoms in total. The minimum absolute atomic E-state index is 0.147. The first-order chi connectivity index (χ1) is 7.92. The molecule has 0 radical (unpaired) electrons. The molecule has 0 aromatic carbocycles. The molecular weight excluding hydrogens is 357 g/mol. The van der Waals surface area contributed by atoms with E-state index in [-0.39, 0.29) is 12.2 Å². The molecule has 1 rings (SSSR count). The Morgan fingerprint density at radius 3 is 2.41 bits per heavy atom. The van der Waals surface area contributed by atoms with Crippen molar-refractivity contribution < 1.29 is 16.2 Å². The number of nitrogens with zero attached hydrogens (tertiary/aromatic N) is 1. The molecule has 0 aliphatic carbocycles. The lowest BCUT2D eigenvalue weighted by molar-refractivity contribution is 0.0139.